The fourth-order valence-corrected chi connectivity index (χ4v) is 3.42. The minimum absolute atomic E-state index is 0.142. The van der Waals surface area contributed by atoms with E-state index in [4.69, 9.17) is 11.6 Å². The predicted octanol–water partition coefficient (Wildman–Crippen LogP) is 1.41. The van der Waals surface area contributed by atoms with E-state index in [0.29, 0.717) is 12.2 Å². The third kappa shape index (κ3) is 3.59. The Morgan fingerprint density at radius 1 is 1.18 bits per heavy atom. The summed E-state index contributed by atoms with van der Waals surface area (Å²) >= 11 is 5.65. The average molecular weight is 397 g/mol. The van der Waals surface area contributed by atoms with Gasteiger partial charge < -0.3 is 10.6 Å². The molecule has 2 N–H and O–H groups in total. The van der Waals surface area contributed by atoms with Crippen LogP contribution in [-0.4, -0.2) is 43.5 Å². The first-order valence-corrected chi connectivity index (χ1v) is 9.25. The number of benzene rings is 1. The van der Waals surface area contributed by atoms with Gasteiger partial charge in [0.05, 0.1) is 24.5 Å². The van der Waals surface area contributed by atoms with Crippen LogP contribution in [0.1, 0.15) is 27.7 Å². The summed E-state index contributed by atoms with van der Waals surface area (Å²) in [4.78, 5) is 33.1. The molecule has 8 nitrogen and oxygen atoms in total. The molecule has 2 aromatic heterocycles. The Morgan fingerprint density at radius 3 is 2.82 bits per heavy atom. The molecule has 4 rings (SSSR count). The van der Waals surface area contributed by atoms with Crippen LogP contribution in [0.4, 0.5) is 0 Å². The van der Waals surface area contributed by atoms with Gasteiger partial charge in [-0.05, 0) is 23.6 Å². The van der Waals surface area contributed by atoms with Crippen LogP contribution < -0.4 is 10.6 Å². The first-order chi connectivity index (χ1) is 13.7. The number of nitrogens with one attached hydrogen (secondary N) is 2. The van der Waals surface area contributed by atoms with Crippen molar-refractivity contribution in [2.45, 2.75) is 18.5 Å². The lowest BCUT2D eigenvalue weighted by Gasteiger charge is -2.22. The van der Waals surface area contributed by atoms with E-state index >= 15 is 0 Å². The monoisotopic (exact) mass is 396 g/mol. The van der Waals surface area contributed by atoms with Crippen LogP contribution in [0.3, 0.4) is 0 Å². The number of nitrogens with zero attached hydrogens (tertiary/aromatic N) is 4. The molecule has 2 heterocycles. The van der Waals surface area contributed by atoms with Crippen molar-refractivity contribution in [3.8, 4) is 5.82 Å². The van der Waals surface area contributed by atoms with Crippen LogP contribution in [0.15, 0.2) is 55.1 Å². The van der Waals surface area contributed by atoms with Gasteiger partial charge in [-0.3, -0.25) is 14.6 Å². The van der Waals surface area contributed by atoms with Gasteiger partial charge in [0.15, 0.2) is 5.82 Å². The lowest BCUT2D eigenvalue weighted by Crippen LogP contribution is -2.45. The molecule has 0 spiro atoms. The molecule has 0 bridgehead atoms. The molecule has 9 heteroatoms. The maximum Gasteiger partial charge on any atom is 0.271 e. The van der Waals surface area contributed by atoms with E-state index < -0.39 is 0 Å². The zero-order valence-corrected chi connectivity index (χ0v) is 15.5. The van der Waals surface area contributed by atoms with Gasteiger partial charge in [0.25, 0.3) is 5.91 Å². The molecule has 142 valence electrons. The number of hydrogen-bond donors (Lipinski definition) is 2. The normalized spacial score (nSPS) is 17.8. The van der Waals surface area contributed by atoms with Gasteiger partial charge in [-0.2, -0.15) is 5.10 Å². The number of carbonyl (C=O) groups excluding carboxylic acids is 2. The summed E-state index contributed by atoms with van der Waals surface area (Å²) in [5.41, 5.74) is 2.22. The van der Waals surface area contributed by atoms with E-state index in [9.17, 15) is 9.59 Å². The number of carbonyl (C=O) groups is 2. The van der Waals surface area contributed by atoms with E-state index in [1.807, 2.05) is 24.3 Å². The second kappa shape index (κ2) is 7.77. The van der Waals surface area contributed by atoms with Crippen LogP contribution >= 0.6 is 11.6 Å². The van der Waals surface area contributed by atoms with Gasteiger partial charge in [-0.1, -0.05) is 24.3 Å². The quantitative estimate of drug-likeness (QED) is 0.635. The Labute approximate surface area is 166 Å². The second-order valence-electron chi connectivity index (χ2n) is 6.37. The number of halogens is 1. The van der Waals surface area contributed by atoms with Gasteiger partial charge in [-0.25, -0.2) is 9.67 Å². The second-order valence-corrected chi connectivity index (χ2v) is 6.64. The van der Waals surface area contributed by atoms with Crippen molar-refractivity contribution in [1.82, 2.24) is 30.4 Å². The van der Waals surface area contributed by atoms with E-state index in [0.717, 1.165) is 11.1 Å². The molecule has 0 fully saturated rings. The smallest absolute Gasteiger partial charge is 0.271 e. The topological polar surface area (TPSA) is 102 Å². The highest BCUT2D eigenvalue weighted by Crippen LogP contribution is 2.31. The zero-order valence-electron chi connectivity index (χ0n) is 14.7. The molecular weight excluding hydrogens is 380 g/mol. The fourth-order valence-electron chi connectivity index (χ4n) is 3.34. The van der Waals surface area contributed by atoms with Gasteiger partial charge >= 0.3 is 0 Å². The number of amides is 2. The summed E-state index contributed by atoms with van der Waals surface area (Å²) in [6, 6.07) is 8.86. The maximum atomic E-state index is 12.8. The molecule has 3 aromatic rings. The summed E-state index contributed by atoms with van der Waals surface area (Å²) < 4.78 is 1.53. The molecule has 0 saturated heterocycles. The lowest BCUT2D eigenvalue weighted by molar-refractivity contribution is -0.119. The summed E-state index contributed by atoms with van der Waals surface area (Å²) in [7, 11) is 0. The third-order valence-corrected chi connectivity index (χ3v) is 4.82. The van der Waals surface area contributed by atoms with E-state index in [1.165, 1.54) is 17.1 Å². The first kappa shape index (κ1) is 18.1. The van der Waals surface area contributed by atoms with Crippen molar-refractivity contribution < 1.29 is 9.59 Å². The van der Waals surface area contributed by atoms with Crippen molar-refractivity contribution in [3.05, 3.63) is 71.9 Å². The Kier molecular flexibility index (Phi) is 5.03. The number of aromatic nitrogens is 4. The summed E-state index contributed by atoms with van der Waals surface area (Å²) in [6.07, 6.45) is 6.86. The lowest BCUT2D eigenvalue weighted by atomic mass is 10.1. The summed E-state index contributed by atoms with van der Waals surface area (Å²) in [5.74, 6) is -0.358. The van der Waals surface area contributed by atoms with Crippen molar-refractivity contribution in [1.29, 1.82) is 0 Å². The maximum absolute atomic E-state index is 12.8. The molecule has 2 atom stereocenters. The Hall–Kier alpha value is -3.26. The zero-order chi connectivity index (χ0) is 19.5. The van der Waals surface area contributed by atoms with E-state index in [-0.39, 0.29) is 35.5 Å². The van der Waals surface area contributed by atoms with E-state index in [2.05, 4.69) is 25.7 Å². The highest BCUT2D eigenvalue weighted by atomic mass is 35.5. The van der Waals surface area contributed by atoms with Crippen molar-refractivity contribution in [2.75, 3.05) is 5.88 Å². The van der Waals surface area contributed by atoms with Crippen molar-refractivity contribution in [3.63, 3.8) is 0 Å². The molecular formula is C19H17ClN6O2. The largest absolute Gasteiger partial charge is 0.346 e. The van der Waals surface area contributed by atoms with Gasteiger partial charge in [0, 0.05) is 12.4 Å². The highest BCUT2D eigenvalue weighted by molar-refractivity contribution is 6.27. The van der Waals surface area contributed by atoms with Gasteiger partial charge in [0.2, 0.25) is 5.91 Å². The molecule has 1 aliphatic carbocycles. The molecule has 0 aliphatic heterocycles. The van der Waals surface area contributed by atoms with Crippen molar-refractivity contribution >= 4 is 23.4 Å². The van der Waals surface area contributed by atoms with Crippen LogP contribution in [0.2, 0.25) is 0 Å². The molecule has 0 saturated carbocycles. The minimum Gasteiger partial charge on any atom is -0.346 e. The Morgan fingerprint density at radius 2 is 2.04 bits per heavy atom. The number of hydrogen-bond acceptors (Lipinski definition) is 5. The molecule has 28 heavy (non-hydrogen) atoms. The standard InChI is InChI=1S/C19H17ClN6O2/c20-9-17(27)25-18-13-5-2-1-4-12(13)8-14(18)24-19(28)15-10-21-11-16(23-15)26-7-3-6-22-26/h1-7,10-11,14,18H,8-9H2,(H,24,28)(H,25,27)/t14-,18-/m1/s1. The predicted molar refractivity (Wildman–Crippen MR) is 102 cm³/mol. The number of alkyl halides is 1. The highest BCUT2D eigenvalue weighted by Gasteiger charge is 2.34. The number of fused-ring (bicyclic) bond motifs is 1. The molecule has 0 unspecified atom stereocenters. The van der Waals surface area contributed by atoms with Crippen molar-refractivity contribution in [2.24, 2.45) is 0 Å². The molecule has 0 radical (unpaired) electrons. The number of rotatable bonds is 5. The summed E-state index contributed by atoms with van der Waals surface area (Å²) in [5, 5.41) is 9.95. The van der Waals surface area contributed by atoms with Gasteiger partial charge in [-0.15, -0.1) is 11.6 Å². The molecule has 1 aromatic carbocycles. The Balaban J connectivity index is 1.55. The summed E-state index contributed by atoms with van der Waals surface area (Å²) in [6.45, 7) is 0. The van der Waals surface area contributed by atoms with Gasteiger partial charge in [0.1, 0.15) is 11.6 Å². The Bertz CT molecular complexity index is 1010. The SMILES string of the molecule is O=C(CCl)N[C@@H]1c2ccccc2C[C@H]1NC(=O)c1cncc(-n2cccn2)n1. The average Bonchev–Trinajstić information content (AvgIpc) is 3.37. The van der Waals surface area contributed by atoms with Crippen LogP contribution in [-0.2, 0) is 11.2 Å². The fraction of sp³-hybridized carbons (Fsp3) is 0.211. The molecule has 2 amide bonds. The van der Waals surface area contributed by atoms with E-state index in [1.54, 1.807) is 18.5 Å². The van der Waals surface area contributed by atoms with Crippen LogP contribution in [0.5, 0.6) is 0 Å². The third-order valence-electron chi connectivity index (χ3n) is 4.58. The first-order valence-electron chi connectivity index (χ1n) is 8.72. The van der Waals surface area contributed by atoms with Crippen LogP contribution in [0, 0.1) is 0 Å². The van der Waals surface area contributed by atoms with Crippen LogP contribution in [0.25, 0.3) is 5.82 Å². The molecule has 1 aliphatic rings. The minimum atomic E-state index is -0.371.